The van der Waals surface area contributed by atoms with Crippen molar-refractivity contribution < 1.29 is 13.2 Å². The van der Waals surface area contributed by atoms with Crippen molar-refractivity contribution in [3.8, 4) is 0 Å². The molecule has 0 radical (unpaired) electrons. The van der Waals surface area contributed by atoms with Crippen LogP contribution in [0.2, 0.25) is 5.02 Å². The fourth-order valence-corrected chi connectivity index (χ4v) is 2.85. The maximum atomic E-state index is 12.4. The smallest absolute Gasteiger partial charge is 0.351 e. The number of alkyl halides is 3. The Morgan fingerprint density at radius 3 is 2.70 bits per heavy atom. The molecule has 2 rings (SSSR count). The number of piperazine rings is 1. The maximum Gasteiger partial charge on any atom is 0.401 e. The maximum absolute atomic E-state index is 12.4. The summed E-state index contributed by atoms with van der Waals surface area (Å²) in [6.07, 6.45) is -2.57. The summed E-state index contributed by atoms with van der Waals surface area (Å²) in [5.41, 5.74) is 0. The lowest BCUT2D eigenvalue weighted by molar-refractivity contribution is -0.147. The van der Waals surface area contributed by atoms with Crippen LogP contribution in [0.25, 0.3) is 0 Å². The molecule has 1 aliphatic heterocycles. The van der Waals surface area contributed by atoms with Crippen molar-refractivity contribution in [1.29, 1.82) is 0 Å². The van der Waals surface area contributed by atoms with E-state index < -0.39 is 12.7 Å². The van der Waals surface area contributed by atoms with Gasteiger partial charge in [-0.15, -0.1) is 0 Å². The van der Waals surface area contributed by atoms with E-state index in [0.717, 1.165) is 9.39 Å². The molecule has 1 aromatic heterocycles. The average Bonchev–Trinajstić information content (AvgIpc) is 2.31. The Hall–Kier alpha value is -0.280. The largest absolute Gasteiger partial charge is 0.401 e. The van der Waals surface area contributed by atoms with E-state index in [9.17, 15) is 13.2 Å². The quantitative estimate of drug-likeness (QED) is 0.685. The highest BCUT2D eigenvalue weighted by molar-refractivity contribution is 14.1. The van der Waals surface area contributed by atoms with Crippen LogP contribution in [-0.2, 0) is 0 Å². The third-order valence-electron chi connectivity index (χ3n) is 3.20. The van der Waals surface area contributed by atoms with Gasteiger partial charge in [0.25, 0.3) is 0 Å². The number of rotatable bonds is 2. The lowest BCUT2D eigenvalue weighted by Gasteiger charge is -2.40. The summed E-state index contributed by atoms with van der Waals surface area (Å²) in [5, 5.41) is 0.581. The van der Waals surface area contributed by atoms with E-state index in [2.05, 4.69) is 27.6 Å². The molecular weight excluding hydrogens is 406 g/mol. The molecule has 0 spiro atoms. The minimum absolute atomic E-state index is 0.0180. The van der Waals surface area contributed by atoms with Gasteiger partial charge >= 0.3 is 6.18 Å². The highest BCUT2D eigenvalue weighted by atomic mass is 127. The summed E-state index contributed by atoms with van der Waals surface area (Å²) in [5.74, 6) is 0.762. The molecule has 1 saturated heterocycles. The molecule has 0 N–H and O–H groups in total. The van der Waals surface area contributed by atoms with Gasteiger partial charge in [0.2, 0.25) is 0 Å². The lowest BCUT2D eigenvalue weighted by atomic mass is 10.2. The molecule has 0 bridgehead atoms. The standard InChI is InChI=1S/C12H14ClF3IN3/c1-8-6-19(7-12(14,15)16)2-3-20(8)11-4-10(17)9(13)5-18-11/h4-5,8H,2-3,6-7H2,1H3/t8-/m0/s1. The van der Waals surface area contributed by atoms with Crippen molar-refractivity contribution in [1.82, 2.24) is 9.88 Å². The zero-order chi connectivity index (χ0) is 14.9. The van der Waals surface area contributed by atoms with Gasteiger partial charge in [-0.05, 0) is 35.6 Å². The molecule has 0 aliphatic carbocycles. The molecule has 0 aromatic carbocycles. The molecule has 1 aliphatic rings. The van der Waals surface area contributed by atoms with Crippen molar-refractivity contribution in [3.63, 3.8) is 0 Å². The predicted molar refractivity (Wildman–Crippen MR) is 81.3 cm³/mol. The Morgan fingerprint density at radius 2 is 2.15 bits per heavy atom. The molecule has 1 fully saturated rings. The third kappa shape index (κ3) is 4.11. The second-order valence-corrected chi connectivity index (χ2v) is 6.42. The molecule has 2 heterocycles. The van der Waals surface area contributed by atoms with Crippen LogP contribution in [0, 0.1) is 3.57 Å². The van der Waals surface area contributed by atoms with Gasteiger partial charge in [-0.2, -0.15) is 13.2 Å². The second-order valence-electron chi connectivity index (χ2n) is 4.85. The van der Waals surface area contributed by atoms with E-state index in [4.69, 9.17) is 11.6 Å². The first-order chi connectivity index (χ1) is 9.26. The fraction of sp³-hybridized carbons (Fsp3) is 0.583. The van der Waals surface area contributed by atoms with Gasteiger partial charge in [-0.1, -0.05) is 11.6 Å². The van der Waals surface area contributed by atoms with Gasteiger partial charge in [0.15, 0.2) is 0 Å². The van der Waals surface area contributed by atoms with Crippen LogP contribution in [0.4, 0.5) is 19.0 Å². The minimum atomic E-state index is -4.14. The van der Waals surface area contributed by atoms with E-state index in [1.54, 1.807) is 6.20 Å². The topological polar surface area (TPSA) is 19.4 Å². The molecule has 8 heteroatoms. The number of nitrogens with zero attached hydrogens (tertiary/aromatic N) is 3. The van der Waals surface area contributed by atoms with Crippen LogP contribution >= 0.6 is 34.2 Å². The third-order valence-corrected chi connectivity index (χ3v) is 4.72. The van der Waals surface area contributed by atoms with Gasteiger partial charge in [0, 0.05) is 35.4 Å². The van der Waals surface area contributed by atoms with Gasteiger partial charge in [0.05, 0.1) is 11.6 Å². The van der Waals surface area contributed by atoms with E-state index in [0.29, 0.717) is 24.7 Å². The second kappa shape index (κ2) is 6.23. The number of halogens is 5. The lowest BCUT2D eigenvalue weighted by Crippen LogP contribution is -2.54. The Kier molecular flexibility index (Phi) is 5.01. The number of hydrogen-bond acceptors (Lipinski definition) is 3. The van der Waals surface area contributed by atoms with Crippen LogP contribution < -0.4 is 4.90 Å². The summed E-state index contributed by atoms with van der Waals surface area (Å²) in [6.45, 7) is 2.34. The first-order valence-corrected chi connectivity index (χ1v) is 7.59. The Bertz CT molecular complexity index is 484. The van der Waals surface area contributed by atoms with Gasteiger partial charge in [-0.25, -0.2) is 4.98 Å². The number of pyridine rings is 1. The Morgan fingerprint density at radius 1 is 1.45 bits per heavy atom. The number of aromatic nitrogens is 1. The molecule has 3 nitrogen and oxygen atoms in total. The van der Waals surface area contributed by atoms with E-state index in [1.807, 2.05) is 17.9 Å². The molecule has 20 heavy (non-hydrogen) atoms. The number of hydrogen-bond donors (Lipinski definition) is 0. The van der Waals surface area contributed by atoms with Crippen LogP contribution in [-0.4, -0.2) is 48.3 Å². The number of anilines is 1. The predicted octanol–water partition coefficient (Wildman–Crippen LogP) is 3.41. The average molecular weight is 420 g/mol. The zero-order valence-corrected chi connectivity index (χ0v) is 13.7. The van der Waals surface area contributed by atoms with Crippen LogP contribution in [0.1, 0.15) is 6.92 Å². The zero-order valence-electron chi connectivity index (χ0n) is 10.8. The Balaban J connectivity index is 2.04. The van der Waals surface area contributed by atoms with E-state index >= 15 is 0 Å². The summed E-state index contributed by atoms with van der Waals surface area (Å²) < 4.78 is 38.1. The SMILES string of the molecule is C[C@H]1CN(CC(F)(F)F)CCN1c1cc(I)c(Cl)cn1. The fourth-order valence-electron chi connectivity index (χ4n) is 2.33. The summed E-state index contributed by atoms with van der Waals surface area (Å²) >= 11 is 8.05. The highest BCUT2D eigenvalue weighted by Gasteiger charge is 2.34. The van der Waals surface area contributed by atoms with Crippen LogP contribution in [0.5, 0.6) is 0 Å². The first-order valence-electron chi connectivity index (χ1n) is 6.13. The van der Waals surface area contributed by atoms with Crippen molar-refractivity contribution in [3.05, 3.63) is 20.9 Å². The minimum Gasteiger partial charge on any atom is -0.351 e. The molecule has 112 valence electrons. The van der Waals surface area contributed by atoms with E-state index in [-0.39, 0.29) is 6.04 Å². The van der Waals surface area contributed by atoms with Crippen molar-refractivity contribution in [2.45, 2.75) is 19.1 Å². The molecular formula is C12H14ClF3IN3. The monoisotopic (exact) mass is 419 g/mol. The normalized spacial score (nSPS) is 21.3. The van der Waals surface area contributed by atoms with Gasteiger partial charge in [-0.3, -0.25) is 4.90 Å². The van der Waals surface area contributed by atoms with Crippen molar-refractivity contribution in [2.24, 2.45) is 0 Å². The molecule has 0 saturated carbocycles. The summed E-state index contributed by atoms with van der Waals surface area (Å²) in [4.78, 5) is 7.71. The summed E-state index contributed by atoms with van der Waals surface area (Å²) in [6, 6.07) is 1.84. The van der Waals surface area contributed by atoms with Crippen LogP contribution in [0.15, 0.2) is 12.3 Å². The molecule has 0 unspecified atom stereocenters. The Labute approximate surface area is 134 Å². The van der Waals surface area contributed by atoms with Gasteiger partial charge < -0.3 is 4.90 Å². The molecule has 0 amide bonds. The van der Waals surface area contributed by atoms with Crippen LogP contribution in [0.3, 0.4) is 0 Å². The van der Waals surface area contributed by atoms with Crippen molar-refractivity contribution in [2.75, 3.05) is 31.1 Å². The summed E-state index contributed by atoms with van der Waals surface area (Å²) in [7, 11) is 0. The highest BCUT2D eigenvalue weighted by Crippen LogP contribution is 2.25. The van der Waals surface area contributed by atoms with Crippen molar-refractivity contribution >= 4 is 40.0 Å². The molecule has 1 aromatic rings. The molecule has 1 atom stereocenters. The van der Waals surface area contributed by atoms with Gasteiger partial charge in [0.1, 0.15) is 5.82 Å². The van der Waals surface area contributed by atoms with E-state index in [1.165, 1.54) is 4.90 Å². The first kappa shape index (κ1) is 16.1.